The Hall–Kier alpha value is -1.22. The van der Waals surface area contributed by atoms with Crippen molar-refractivity contribution in [1.29, 1.82) is 0 Å². The molecule has 0 spiro atoms. The zero-order valence-electron chi connectivity index (χ0n) is 11.3. The summed E-state index contributed by atoms with van der Waals surface area (Å²) in [6, 6.07) is 6.46. The van der Waals surface area contributed by atoms with E-state index >= 15 is 0 Å². The topological polar surface area (TPSA) is 47.3 Å². The summed E-state index contributed by atoms with van der Waals surface area (Å²) in [7, 11) is 1.64. The molecule has 0 aliphatic rings. The molecule has 1 rings (SSSR count). The van der Waals surface area contributed by atoms with Crippen LogP contribution >= 0.6 is 0 Å². The van der Waals surface area contributed by atoms with Gasteiger partial charge in [0.05, 0.1) is 12.8 Å². The number of hydrogen-bond donors (Lipinski definition) is 2. The Morgan fingerprint density at radius 1 is 1.29 bits per heavy atom. The summed E-state index contributed by atoms with van der Waals surface area (Å²) in [5, 5.41) is 3.51. The summed E-state index contributed by atoms with van der Waals surface area (Å²) in [5.74, 6) is 1.43. The first-order valence-corrected chi connectivity index (χ1v) is 6.18. The van der Waals surface area contributed by atoms with Gasteiger partial charge in [-0.15, -0.1) is 0 Å². The van der Waals surface area contributed by atoms with Crippen molar-refractivity contribution in [2.45, 2.75) is 33.2 Å². The molecule has 1 aromatic carbocycles. The molecule has 0 saturated carbocycles. The minimum atomic E-state index is 0.463. The van der Waals surface area contributed by atoms with Crippen molar-refractivity contribution in [2.75, 3.05) is 19.4 Å². The van der Waals surface area contributed by atoms with Crippen molar-refractivity contribution in [3.05, 3.63) is 23.8 Å². The quantitative estimate of drug-likeness (QED) is 0.746. The van der Waals surface area contributed by atoms with Gasteiger partial charge in [0.1, 0.15) is 5.75 Å². The van der Waals surface area contributed by atoms with Gasteiger partial charge in [-0.25, -0.2) is 0 Å². The van der Waals surface area contributed by atoms with Crippen LogP contribution in [0.3, 0.4) is 0 Å². The fraction of sp³-hybridized carbons (Fsp3) is 0.571. The second kappa shape index (κ2) is 6.50. The SMILES string of the molecule is COc1ccc(CC(C)NCC(C)C)cc1N. The highest BCUT2D eigenvalue weighted by Gasteiger charge is 2.06. The van der Waals surface area contributed by atoms with Gasteiger partial charge in [-0.05, 0) is 43.5 Å². The Labute approximate surface area is 104 Å². The van der Waals surface area contributed by atoms with E-state index in [0.717, 1.165) is 18.7 Å². The Morgan fingerprint density at radius 3 is 2.53 bits per heavy atom. The lowest BCUT2D eigenvalue weighted by atomic mass is 10.1. The molecule has 1 unspecified atom stereocenters. The molecule has 0 amide bonds. The van der Waals surface area contributed by atoms with Crippen LogP contribution in [0.5, 0.6) is 5.75 Å². The minimum Gasteiger partial charge on any atom is -0.495 e. The number of rotatable bonds is 6. The largest absolute Gasteiger partial charge is 0.495 e. The molecule has 3 heteroatoms. The third-order valence-electron chi connectivity index (χ3n) is 2.71. The maximum absolute atomic E-state index is 5.88. The summed E-state index contributed by atoms with van der Waals surface area (Å²) < 4.78 is 5.14. The number of nitrogens with two attached hydrogens (primary N) is 1. The highest BCUT2D eigenvalue weighted by atomic mass is 16.5. The van der Waals surface area contributed by atoms with Crippen LogP contribution in [0.4, 0.5) is 5.69 Å². The average molecular weight is 236 g/mol. The molecule has 0 bridgehead atoms. The standard InChI is InChI=1S/C14H24N2O/c1-10(2)9-16-11(3)7-12-5-6-14(17-4)13(15)8-12/h5-6,8,10-11,16H,7,9,15H2,1-4H3. The summed E-state index contributed by atoms with van der Waals surface area (Å²) in [4.78, 5) is 0. The molecule has 3 N–H and O–H groups in total. The van der Waals surface area contributed by atoms with E-state index < -0.39 is 0 Å². The molecule has 0 aromatic heterocycles. The third kappa shape index (κ3) is 4.65. The van der Waals surface area contributed by atoms with Crippen molar-refractivity contribution < 1.29 is 4.74 Å². The summed E-state index contributed by atoms with van der Waals surface area (Å²) in [6.45, 7) is 7.67. The van der Waals surface area contributed by atoms with Gasteiger partial charge < -0.3 is 15.8 Å². The Balaban J connectivity index is 2.53. The molecular formula is C14H24N2O. The maximum Gasteiger partial charge on any atom is 0.141 e. The zero-order chi connectivity index (χ0) is 12.8. The Morgan fingerprint density at radius 2 is 2.00 bits per heavy atom. The molecule has 0 fully saturated rings. The van der Waals surface area contributed by atoms with E-state index in [1.54, 1.807) is 7.11 Å². The fourth-order valence-corrected chi connectivity index (χ4v) is 1.77. The second-order valence-corrected chi connectivity index (χ2v) is 4.98. The van der Waals surface area contributed by atoms with Crippen LogP contribution < -0.4 is 15.8 Å². The van der Waals surface area contributed by atoms with E-state index in [1.165, 1.54) is 5.56 Å². The number of benzene rings is 1. The van der Waals surface area contributed by atoms with Gasteiger partial charge in [-0.3, -0.25) is 0 Å². The third-order valence-corrected chi connectivity index (χ3v) is 2.71. The maximum atomic E-state index is 5.88. The lowest BCUT2D eigenvalue weighted by Crippen LogP contribution is -2.31. The van der Waals surface area contributed by atoms with Gasteiger partial charge in [-0.2, -0.15) is 0 Å². The van der Waals surface area contributed by atoms with Crippen LogP contribution in [0.15, 0.2) is 18.2 Å². The second-order valence-electron chi connectivity index (χ2n) is 4.98. The van der Waals surface area contributed by atoms with Crippen molar-refractivity contribution in [3.63, 3.8) is 0 Å². The Kier molecular flexibility index (Phi) is 5.29. The first kappa shape index (κ1) is 13.8. The average Bonchev–Trinajstić information content (AvgIpc) is 2.26. The molecule has 0 saturated heterocycles. The fourth-order valence-electron chi connectivity index (χ4n) is 1.77. The molecule has 0 aliphatic heterocycles. The van der Waals surface area contributed by atoms with Crippen LogP contribution in [0.2, 0.25) is 0 Å². The van der Waals surface area contributed by atoms with Gasteiger partial charge in [0.25, 0.3) is 0 Å². The number of methoxy groups -OCH3 is 1. The highest BCUT2D eigenvalue weighted by molar-refractivity contribution is 5.54. The smallest absolute Gasteiger partial charge is 0.141 e. The van der Waals surface area contributed by atoms with Crippen molar-refractivity contribution in [2.24, 2.45) is 5.92 Å². The lowest BCUT2D eigenvalue weighted by Gasteiger charge is -2.16. The van der Waals surface area contributed by atoms with Gasteiger partial charge >= 0.3 is 0 Å². The van der Waals surface area contributed by atoms with Gasteiger partial charge in [0, 0.05) is 6.04 Å². The van der Waals surface area contributed by atoms with Gasteiger partial charge in [0.2, 0.25) is 0 Å². The lowest BCUT2D eigenvalue weighted by molar-refractivity contribution is 0.416. The van der Waals surface area contributed by atoms with Crippen molar-refractivity contribution >= 4 is 5.69 Å². The van der Waals surface area contributed by atoms with E-state index in [0.29, 0.717) is 17.6 Å². The normalized spacial score (nSPS) is 12.8. The van der Waals surface area contributed by atoms with E-state index in [-0.39, 0.29) is 0 Å². The van der Waals surface area contributed by atoms with E-state index in [4.69, 9.17) is 10.5 Å². The summed E-state index contributed by atoms with van der Waals surface area (Å²) in [6.07, 6.45) is 0.987. The van der Waals surface area contributed by atoms with Crippen LogP contribution in [-0.2, 0) is 6.42 Å². The van der Waals surface area contributed by atoms with Crippen LogP contribution in [0.1, 0.15) is 26.3 Å². The van der Waals surface area contributed by atoms with E-state index in [1.807, 2.05) is 12.1 Å². The summed E-state index contributed by atoms with van der Waals surface area (Å²) >= 11 is 0. The molecule has 1 atom stereocenters. The minimum absolute atomic E-state index is 0.463. The monoisotopic (exact) mass is 236 g/mol. The number of anilines is 1. The predicted octanol–water partition coefficient (Wildman–Crippen LogP) is 2.45. The molecule has 0 radical (unpaired) electrons. The van der Waals surface area contributed by atoms with Gasteiger partial charge in [0.15, 0.2) is 0 Å². The molecule has 1 aromatic rings. The number of ether oxygens (including phenoxy) is 1. The molecule has 3 nitrogen and oxygen atoms in total. The predicted molar refractivity (Wildman–Crippen MR) is 73.4 cm³/mol. The zero-order valence-corrected chi connectivity index (χ0v) is 11.3. The van der Waals surface area contributed by atoms with Crippen molar-refractivity contribution in [1.82, 2.24) is 5.32 Å². The summed E-state index contributed by atoms with van der Waals surface area (Å²) in [5.41, 5.74) is 7.84. The number of nitrogens with one attached hydrogen (secondary N) is 1. The van der Waals surface area contributed by atoms with E-state index in [9.17, 15) is 0 Å². The Bertz CT molecular complexity index is 350. The van der Waals surface area contributed by atoms with E-state index in [2.05, 4.69) is 32.2 Å². The first-order chi connectivity index (χ1) is 8.02. The highest BCUT2D eigenvalue weighted by Crippen LogP contribution is 2.22. The van der Waals surface area contributed by atoms with Gasteiger partial charge in [-0.1, -0.05) is 19.9 Å². The molecular weight excluding hydrogens is 212 g/mol. The molecule has 96 valence electrons. The van der Waals surface area contributed by atoms with Crippen LogP contribution in [0, 0.1) is 5.92 Å². The first-order valence-electron chi connectivity index (χ1n) is 6.18. The number of nitrogen functional groups attached to an aromatic ring is 1. The molecule has 0 aliphatic carbocycles. The van der Waals surface area contributed by atoms with Crippen molar-refractivity contribution in [3.8, 4) is 5.75 Å². The van der Waals surface area contributed by atoms with Crippen LogP contribution in [-0.4, -0.2) is 19.7 Å². The molecule has 0 heterocycles. The van der Waals surface area contributed by atoms with Crippen LogP contribution in [0.25, 0.3) is 0 Å². The molecule has 17 heavy (non-hydrogen) atoms. The number of hydrogen-bond acceptors (Lipinski definition) is 3.